The van der Waals surface area contributed by atoms with E-state index in [-0.39, 0.29) is 19.2 Å². The Labute approximate surface area is 149 Å². The third-order valence-electron chi connectivity index (χ3n) is 4.51. The molecule has 2 atom stereocenters. The van der Waals surface area contributed by atoms with Crippen molar-refractivity contribution in [3.05, 3.63) is 93.4 Å². The van der Waals surface area contributed by atoms with Gasteiger partial charge in [0, 0.05) is 0 Å². The van der Waals surface area contributed by atoms with Crippen molar-refractivity contribution in [1.82, 2.24) is 0 Å². The summed E-state index contributed by atoms with van der Waals surface area (Å²) in [7, 11) is 0.769. The summed E-state index contributed by atoms with van der Waals surface area (Å²) in [5.74, 6) is 0. The Hall–Kier alpha value is -1.20. The van der Waals surface area contributed by atoms with Gasteiger partial charge in [0.15, 0.2) is 0 Å². The summed E-state index contributed by atoms with van der Waals surface area (Å²) >= 11 is -0.124. The Morgan fingerprint density at radius 2 is 1.78 bits per heavy atom. The number of allylic oxidation sites excluding steroid dienone is 5. The minimum absolute atomic E-state index is 0.124. The van der Waals surface area contributed by atoms with Gasteiger partial charge in [0.2, 0.25) is 0 Å². The summed E-state index contributed by atoms with van der Waals surface area (Å²) in [6.07, 6.45) is 8.06. The Morgan fingerprint density at radius 1 is 1.00 bits per heavy atom. The number of rotatable bonds is 4. The minimum atomic E-state index is -0.124. The molecule has 0 saturated carbocycles. The summed E-state index contributed by atoms with van der Waals surface area (Å²) in [4.78, 5) is 0. The van der Waals surface area contributed by atoms with Crippen molar-refractivity contribution in [3.63, 3.8) is 0 Å². The topological polar surface area (TPSA) is 0 Å². The van der Waals surface area contributed by atoms with E-state index < -0.39 is 0 Å². The van der Waals surface area contributed by atoms with E-state index >= 15 is 0 Å². The molecule has 0 amide bonds. The third kappa shape index (κ3) is 3.09. The van der Waals surface area contributed by atoms with Gasteiger partial charge in [0.25, 0.3) is 0 Å². The molecule has 2 unspecified atom stereocenters. The molecular weight excluding hydrogens is 331 g/mol. The number of hydrogen-bond donors (Lipinski definition) is 0. The molecule has 0 fully saturated rings. The fourth-order valence-electron chi connectivity index (χ4n) is 3.32. The predicted molar refractivity (Wildman–Crippen MR) is 98.0 cm³/mol. The summed E-state index contributed by atoms with van der Waals surface area (Å²) in [6, 6.07) is 20.0. The molecule has 0 bridgehead atoms. The van der Waals surface area contributed by atoms with Crippen molar-refractivity contribution in [2.24, 2.45) is 0 Å². The van der Waals surface area contributed by atoms with Gasteiger partial charge in [-0.2, -0.15) is 0 Å². The van der Waals surface area contributed by atoms with Gasteiger partial charge in [0.1, 0.15) is 0 Å². The molecule has 2 aromatic carbocycles. The van der Waals surface area contributed by atoms with Gasteiger partial charge in [-0.25, -0.2) is 0 Å². The van der Waals surface area contributed by atoms with Gasteiger partial charge in [-0.15, -0.1) is 0 Å². The fourth-order valence-corrected chi connectivity index (χ4v) is 7.35. The Balaban J connectivity index is 1.69. The van der Waals surface area contributed by atoms with Crippen LogP contribution in [0, 0.1) is 0 Å². The molecule has 2 aliphatic carbocycles. The molecule has 0 spiro atoms. The first-order valence-corrected chi connectivity index (χ1v) is 10.8. The van der Waals surface area contributed by atoms with Gasteiger partial charge >= 0.3 is 149 Å². The van der Waals surface area contributed by atoms with Crippen LogP contribution < -0.4 is 5.30 Å². The zero-order valence-electron chi connectivity index (χ0n) is 13.2. The normalized spacial score (nSPS) is 19.5. The van der Waals surface area contributed by atoms with Crippen molar-refractivity contribution in [2.45, 2.75) is 17.6 Å². The van der Waals surface area contributed by atoms with E-state index in [0.717, 1.165) is 8.58 Å². The number of fused-ring (bicyclic) bond motifs is 1. The van der Waals surface area contributed by atoms with E-state index in [1.807, 2.05) is 0 Å². The van der Waals surface area contributed by atoms with Crippen molar-refractivity contribution in [2.75, 3.05) is 0 Å². The van der Waals surface area contributed by atoms with E-state index in [2.05, 4.69) is 79.7 Å². The zero-order valence-corrected chi connectivity index (χ0v) is 15.8. The summed E-state index contributed by atoms with van der Waals surface area (Å²) in [5, 5.41) is 3.03. The fraction of sp³-hybridized carbons (Fsp3) is 0.143. The van der Waals surface area contributed by atoms with Crippen LogP contribution in [-0.2, 0) is 19.2 Å². The molecule has 0 aliphatic heterocycles. The van der Waals surface area contributed by atoms with Crippen molar-refractivity contribution in [3.8, 4) is 0 Å². The predicted octanol–water partition coefficient (Wildman–Crippen LogP) is 5.40. The van der Waals surface area contributed by atoms with Gasteiger partial charge in [-0.1, -0.05) is 0 Å². The second-order valence-electron chi connectivity index (χ2n) is 6.04. The summed E-state index contributed by atoms with van der Waals surface area (Å²) < 4.78 is 2.37. The molecule has 2 aromatic rings. The van der Waals surface area contributed by atoms with Crippen LogP contribution in [0.25, 0.3) is 5.31 Å². The van der Waals surface area contributed by atoms with Crippen molar-refractivity contribution < 1.29 is 19.2 Å². The molecule has 23 heavy (non-hydrogen) atoms. The molecule has 2 aliphatic rings. The maximum atomic E-state index is 2.38. The van der Waals surface area contributed by atoms with Crippen molar-refractivity contribution >= 4 is 19.2 Å². The standard InChI is InChI=1S/C16H14P.C5H5.Ti/c1-12-11-13-7-5-6-10-15(13)16(12)17-14-8-3-2-4-9-14;1-2-4-5-3-1;/h2-11,17H,1H3;1-3H,4H2;. The van der Waals surface area contributed by atoms with Crippen LogP contribution in [0.15, 0.2) is 82.3 Å². The molecule has 0 radical (unpaired) electrons. The third-order valence-corrected chi connectivity index (χ3v) is 8.82. The van der Waals surface area contributed by atoms with E-state index in [1.54, 1.807) is 20.3 Å². The van der Waals surface area contributed by atoms with Gasteiger partial charge in [-0.3, -0.25) is 0 Å². The van der Waals surface area contributed by atoms with E-state index in [4.69, 9.17) is 0 Å². The van der Waals surface area contributed by atoms with Crippen molar-refractivity contribution in [1.29, 1.82) is 0 Å². The second kappa shape index (κ2) is 6.74. The number of benzene rings is 2. The summed E-state index contributed by atoms with van der Waals surface area (Å²) in [5.41, 5.74) is 4.71. The molecule has 2 heteroatoms. The Bertz CT molecular complexity index is 815. The van der Waals surface area contributed by atoms with E-state index in [1.165, 1.54) is 17.3 Å². The van der Waals surface area contributed by atoms with E-state index in [0.29, 0.717) is 4.22 Å². The zero-order chi connectivity index (χ0) is 15.6. The SMILES string of the molecule is CC1=C(Pc2ccccc2)c2ccccc2[CH]1[Ti][C]1=CC=CC1. The maximum absolute atomic E-state index is 2.38. The average molecular weight is 350 g/mol. The molecule has 0 aromatic heterocycles. The molecule has 112 valence electrons. The first-order valence-electron chi connectivity index (χ1n) is 8.07. The van der Waals surface area contributed by atoms with Gasteiger partial charge in [-0.05, 0) is 0 Å². The van der Waals surface area contributed by atoms with Crippen LogP contribution in [0.2, 0.25) is 0 Å². The van der Waals surface area contributed by atoms with Crippen LogP contribution in [0.4, 0.5) is 0 Å². The Morgan fingerprint density at radius 3 is 2.57 bits per heavy atom. The monoisotopic (exact) mass is 350 g/mol. The molecule has 4 rings (SSSR count). The Kier molecular flexibility index (Phi) is 4.49. The van der Waals surface area contributed by atoms with Gasteiger partial charge in [0.05, 0.1) is 0 Å². The van der Waals surface area contributed by atoms with Gasteiger partial charge < -0.3 is 0 Å². The van der Waals surface area contributed by atoms with Crippen LogP contribution >= 0.6 is 8.58 Å². The van der Waals surface area contributed by atoms with Crippen LogP contribution in [-0.4, -0.2) is 0 Å². The quantitative estimate of drug-likeness (QED) is 0.511. The molecular formula is C21H19PTi. The van der Waals surface area contributed by atoms with Crippen LogP contribution in [0.5, 0.6) is 0 Å². The first kappa shape index (κ1) is 15.3. The first-order chi connectivity index (χ1) is 11.3. The van der Waals surface area contributed by atoms with Crippen LogP contribution in [0.3, 0.4) is 0 Å². The second-order valence-corrected chi connectivity index (χ2v) is 9.72. The average Bonchev–Trinajstić information content (AvgIpc) is 3.19. The summed E-state index contributed by atoms with van der Waals surface area (Å²) in [6.45, 7) is 2.38. The molecule has 0 saturated heterocycles. The number of hydrogen-bond acceptors (Lipinski definition) is 0. The van der Waals surface area contributed by atoms with E-state index in [9.17, 15) is 0 Å². The molecule has 0 N–H and O–H groups in total. The van der Waals surface area contributed by atoms with Crippen LogP contribution in [0.1, 0.15) is 28.7 Å². The molecule has 0 heterocycles. The molecule has 0 nitrogen and oxygen atoms in total.